The monoisotopic (exact) mass is 258 g/mol. The van der Waals surface area contributed by atoms with Gasteiger partial charge in [0.1, 0.15) is 5.82 Å². The predicted molar refractivity (Wildman–Crippen MR) is 79.0 cm³/mol. The summed E-state index contributed by atoms with van der Waals surface area (Å²) in [5.74, 6) is -0.361. The van der Waals surface area contributed by atoms with Crippen molar-refractivity contribution in [2.75, 3.05) is 24.2 Å². The van der Waals surface area contributed by atoms with Crippen LogP contribution < -0.4 is 10.6 Å². The molecule has 2 aromatic rings. The fraction of sp³-hybridized carbons (Fsp3) is 0.250. The molecular weight excluding hydrogens is 239 g/mol. The van der Waals surface area contributed by atoms with Gasteiger partial charge >= 0.3 is 0 Å². The number of hydrogen-bond donors (Lipinski definition) is 1. The minimum absolute atomic E-state index is 0.217. The van der Waals surface area contributed by atoms with E-state index in [2.05, 4.69) is 31.2 Å². The molecule has 2 nitrogen and oxygen atoms in total. The summed E-state index contributed by atoms with van der Waals surface area (Å²) in [6.07, 6.45) is 0.911. The van der Waals surface area contributed by atoms with E-state index in [1.807, 2.05) is 18.0 Å². The Bertz CT molecular complexity index is 566. The maximum Gasteiger partial charge on any atom is 0.148 e. The van der Waals surface area contributed by atoms with Gasteiger partial charge < -0.3 is 10.6 Å². The summed E-state index contributed by atoms with van der Waals surface area (Å²) in [6.45, 7) is 2.88. The van der Waals surface area contributed by atoms with Gasteiger partial charge in [0, 0.05) is 13.6 Å². The number of para-hydroxylation sites is 1. The molecule has 19 heavy (non-hydrogen) atoms. The van der Waals surface area contributed by atoms with Crippen LogP contribution in [-0.2, 0) is 6.42 Å². The number of benzene rings is 2. The summed E-state index contributed by atoms with van der Waals surface area (Å²) in [5.41, 5.74) is 9.25. The van der Waals surface area contributed by atoms with Crippen molar-refractivity contribution < 1.29 is 4.39 Å². The zero-order chi connectivity index (χ0) is 13.8. The van der Waals surface area contributed by atoms with Crippen molar-refractivity contribution >= 4 is 11.4 Å². The second-order valence-corrected chi connectivity index (χ2v) is 4.83. The molecule has 0 radical (unpaired) electrons. The van der Waals surface area contributed by atoms with E-state index in [9.17, 15) is 4.39 Å². The molecule has 0 atom stereocenters. The van der Waals surface area contributed by atoms with Crippen molar-refractivity contribution in [1.82, 2.24) is 0 Å². The van der Waals surface area contributed by atoms with Crippen LogP contribution in [0.1, 0.15) is 11.1 Å². The summed E-state index contributed by atoms with van der Waals surface area (Å²) >= 11 is 0. The number of nitrogens with two attached hydrogens (primary N) is 1. The van der Waals surface area contributed by atoms with Gasteiger partial charge in [0.2, 0.25) is 0 Å². The van der Waals surface area contributed by atoms with Crippen LogP contribution in [0.25, 0.3) is 0 Å². The number of nitrogens with zero attached hydrogens (tertiary/aromatic N) is 1. The lowest BCUT2D eigenvalue weighted by atomic mass is 10.1. The Hall–Kier alpha value is -2.03. The van der Waals surface area contributed by atoms with Crippen molar-refractivity contribution in [3.05, 3.63) is 59.4 Å². The quantitative estimate of drug-likeness (QED) is 0.852. The molecule has 0 aliphatic rings. The smallest absolute Gasteiger partial charge is 0.148 e. The molecule has 0 aliphatic heterocycles. The Morgan fingerprint density at radius 3 is 2.63 bits per heavy atom. The minimum atomic E-state index is -0.361. The van der Waals surface area contributed by atoms with Crippen LogP contribution in [0.15, 0.2) is 42.5 Å². The predicted octanol–water partition coefficient (Wildman–Crippen LogP) is 3.40. The van der Waals surface area contributed by atoms with Crippen molar-refractivity contribution in [3.8, 4) is 0 Å². The Kier molecular flexibility index (Phi) is 4.05. The highest BCUT2D eigenvalue weighted by Crippen LogP contribution is 2.24. The fourth-order valence-corrected chi connectivity index (χ4v) is 2.14. The van der Waals surface area contributed by atoms with E-state index in [1.165, 1.54) is 17.2 Å². The van der Waals surface area contributed by atoms with Crippen molar-refractivity contribution in [1.29, 1.82) is 0 Å². The van der Waals surface area contributed by atoms with E-state index in [-0.39, 0.29) is 11.5 Å². The molecule has 0 bridgehead atoms. The van der Waals surface area contributed by atoms with Crippen LogP contribution in [0.2, 0.25) is 0 Å². The number of anilines is 2. The number of hydrogen-bond acceptors (Lipinski definition) is 2. The van der Waals surface area contributed by atoms with Crippen LogP contribution in [-0.4, -0.2) is 13.6 Å². The molecule has 2 N–H and O–H groups in total. The molecule has 0 unspecified atom stereocenters. The lowest BCUT2D eigenvalue weighted by Gasteiger charge is -2.21. The number of halogens is 1. The molecule has 0 saturated heterocycles. The molecule has 100 valence electrons. The van der Waals surface area contributed by atoms with E-state index in [0.717, 1.165) is 18.7 Å². The Labute approximate surface area is 113 Å². The normalized spacial score (nSPS) is 10.5. The molecule has 0 fully saturated rings. The lowest BCUT2D eigenvalue weighted by Crippen LogP contribution is -2.21. The zero-order valence-corrected chi connectivity index (χ0v) is 11.4. The molecule has 2 rings (SSSR count). The van der Waals surface area contributed by atoms with E-state index >= 15 is 0 Å². The molecule has 2 aromatic carbocycles. The van der Waals surface area contributed by atoms with Gasteiger partial charge in [-0.2, -0.15) is 0 Å². The minimum Gasteiger partial charge on any atom is -0.395 e. The third-order valence-corrected chi connectivity index (χ3v) is 3.26. The molecule has 0 heterocycles. The third kappa shape index (κ3) is 3.25. The lowest BCUT2D eigenvalue weighted by molar-refractivity contribution is 0.632. The molecule has 0 spiro atoms. The van der Waals surface area contributed by atoms with Gasteiger partial charge in [0.25, 0.3) is 0 Å². The molecule has 0 saturated carbocycles. The second-order valence-electron chi connectivity index (χ2n) is 4.83. The average Bonchev–Trinajstić information content (AvgIpc) is 2.39. The van der Waals surface area contributed by atoms with Gasteiger partial charge in [-0.25, -0.2) is 4.39 Å². The van der Waals surface area contributed by atoms with E-state index < -0.39 is 0 Å². The Morgan fingerprint density at radius 2 is 1.89 bits per heavy atom. The largest absolute Gasteiger partial charge is 0.395 e. The summed E-state index contributed by atoms with van der Waals surface area (Å²) in [7, 11) is 1.93. The highest BCUT2D eigenvalue weighted by Gasteiger charge is 2.08. The summed E-state index contributed by atoms with van der Waals surface area (Å²) in [6, 6.07) is 13.3. The number of aryl methyl sites for hydroxylation is 1. The van der Waals surface area contributed by atoms with E-state index in [0.29, 0.717) is 0 Å². The Morgan fingerprint density at radius 1 is 1.16 bits per heavy atom. The van der Waals surface area contributed by atoms with Crippen LogP contribution >= 0.6 is 0 Å². The number of nitrogen functional groups attached to an aromatic ring is 1. The van der Waals surface area contributed by atoms with E-state index in [1.54, 1.807) is 6.07 Å². The number of likely N-dealkylation sites (N-methyl/N-ethyl adjacent to an activating group) is 1. The van der Waals surface area contributed by atoms with Gasteiger partial charge in [-0.05, 0) is 31.0 Å². The van der Waals surface area contributed by atoms with Gasteiger partial charge in [0.15, 0.2) is 0 Å². The fourth-order valence-electron chi connectivity index (χ4n) is 2.14. The maximum absolute atomic E-state index is 13.4. The van der Waals surface area contributed by atoms with Gasteiger partial charge in [0.05, 0.1) is 11.4 Å². The van der Waals surface area contributed by atoms with Gasteiger partial charge in [-0.3, -0.25) is 0 Å². The molecule has 3 heteroatoms. The summed E-state index contributed by atoms with van der Waals surface area (Å²) in [4.78, 5) is 1.99. The summed E-state index contributed by atoms with van der Waals surface area (Å²) < 4.78 is 13.4. The first-order valence-electron chi connectivity index (χ1n) is 6.38. The first-order chi connectivity index (χ1) is 9.08. The van der Waals surface area contributed by atoms with Crippen LogP contribution in [0.5, 0.6) is 0 Å². The molecule has 0 amide bonds. The average molecular weight is 258 g/mol. The highest BCUT2D eigenvalue weighted by molar-refractivity contribution is 5.67. The molecule has 0 aliphatic carbocycles. The van der Waals surface area contributed by atoms with Crippen molar-refractivity contribution in [2.24, 2.45) is 0 Å². The first-order valence-corrected chi connectivity index (χ1v) is 6.38. The van der Waals surface area contributed by atoms with Crippen molar-refractivity contribution in [3.63, 3.8) is 0 Å². The van der Waals surface area contributed by atoms with Gasteiger partial charge in [-0.1, -0.05) is 35.9 Å². The maximum atomic E-state index is 13.4. The number of rotatable bonds is 4. The molecule has 0 aromatic heterocycles. The van der Waals surface area contributed by atoms with Crippen molar-refractivity contribution in [2.45, 2.75) is 13.3 Å². The zero-order valence-electron chi connectivity index (χ0n) is 11.4. The van der Waals surface area contributed by atoms with Gasteiger partial charge in [-0.15, -0.1) is 0 Å². The Balaban J connectivity index is 2.05. The standard InChI is InChI=1S/C16H19FN2/c1-12-5-3-6-13(11-12)9-10-19(2)15-8-4-7-14(17)16(15)18/h3-8,11H,9-10,18H2,1-2H3. The van der Waals surface area contributed by atoms with E-state index in [4.69, 9.17) is 5.73 Å². The second kappa shape index (κ2) is 5.74. The van der Waals surface area contributed by atoms with Crippen LogP contribution in [0, 0.1) is 12.7 Å². The summed E-state index contributed by atoms with van der Waals surface area (Å²) in [5, 5.41) is 0. The SMILES string of the molecule is Cc1cccc(CCN(C)c2cccc(F)c2N)c1. The first kappa shape index (κ1) is 13.4. The van der Waals surface area contributed by atoms with Crippen LogP contribution in [0.3, 0.4) is 0 Å². The van der Waals surface area contributed by atoms with Crippen LogP contribution in [0.4, 0.5) is 15.8 Å². The molecular formula is C16H19FN2. The highest BCUT2D eigenvalue weighted by atomic mass is 19.1. The topological polar surface area (TPSA) is 29.3 Å². The third-order valence-electron chi connectivity index (χ3n) is 3.26.